The van der Waals surface area contributed by atoms with E-state index in [1.165, 1.54) is 98.7 Å². The van der Waals surface area contributed by atoms with Crippen LogP contribution in [0.3, 0.4) is 0 Å². The molecule has 0 spiro atoms. The Morgan fingerprint density at radius 3 is 1.48 bits per heavy atom. The first kappa shape index (κ1) is 39.9. The van der Waals surface area contributed by atoms with E-state index in [-0.39, 0.29) is 0 Å². The van der Waals surface area contributed by atoms with Crippen LogP contribution in [0.2, 0.25) is 0 Å². The number of benzene rings is 6. The van der Waals surface area contributed by atoms with Crippen LogP contribution >= 0.6 is 17.0 Å². The van der Waals surface area contributed by atoms with Crippen LogP contribution in [0.25, 0.3) is 54.9 Å². The van der Waals surface area contributed by atoms with Crippen molar-refractivity contribution in [1.82, 2.24) is 0 Å². The maximum Gasteiger partial charge on any atom is 0.0920 e. The summed E-state index contributed by atoms with van der Waals surface area (Å²) in [6.45, 7) is 13.2. The van der Waals surface area contributed by atoms with Crippen LogP contribution in [0, 0.1) is 33.8 Å². The van der Waals surface area contributed by atoms with Gasteiger partial charge in [0.15, 0.2) is 0 Å². The predicted octanol–water partition coefficient (Wildman–Crippen LogP) is 13.3. The predicted molar refractivity (Wildman–Crippen MR) is 235 cm³/mol. The van der Waals surface area contributed by atoms with Crippen LogP contribution in [-0.2, 0) is 33.7 Å². The van der Waals surface area contributed by atoms with E-state index in [9.17, 15) is 0 Å². The summed E-state index contributed by atoms with van der Waals surface area (Å²) in [7, 11) is 10.7. The fraction of sp³-hybridized carbons (Fsp3) is 0.160. The molecule has 270 valence electrons. The molecule has 1 heterocycles. The summed E-state index contributed by atoms with van der Waals surface area (Å²) in [5.74, 6) is 0. The Hall–Kier alpha value is -3.78. The molecule has 0 atom stereocenters. The largest absolute Gasteiger partial charge is 0.184 e. The van der Waals surface area contributed by atoms with Crippen molar-refractivity contribution >= 4 is 58.5 Å². The minimum Gasteiger partial charge on any atom is -0.184 e. The second-order valence-corrected chi connectivity index (χ2v) is 18.8. The van der Waals surface area contributed by atoms with E-state index < -0.39 is 20.8 Å². The normalized spacial score (nSPS) is 11.0. The number of fused-ring (bicyclic) bond motifs is 5. The van der Waals surface area contributed by atoms with Gasteiger partial charge in [-0.3, -0.25) is 0 Å². The van der Waals surface area contributed by atoms with E-state index in [0.717, 1.165) is 22.4 Å². The zero-order valence-corrected chi connectivity index (χ0v) is 36.9. The minimum absolute atomic E-state index is 0.795. The van der Waals surface area contributed by atoms with Crippen molar-refractivity contribution in [2.45, 2.75) is 54.4 Å². The first-order valence-corrected chi connectivity index (χ1v) is 25.9. The molecule has 2 radical (unpaired) electrons. The van der Waals surface area contributed by atoms with Crippen molar-refractivity contribution < 1.29 is 20.8 Å². The average molecular weight is 836 g/mol. The molecule has 8 aromatic rings. The van der Waals surface area contributed by atoms with Crippen LogP contribution in [0.4, 0.5) is 0 Å². The summed E-state index contributed by atoms with van der Waals surface area (Å²) >= 11 is -0.826. The van der Waals surface area contributed by atoms with Gasteiger partial charge in [-0.2, -0.15) is 41.6 Å². The topological polar surface area (TPSA) is 0 Å². The van der Waals surface area contributed by atoms with E-state index >= 15 is 0 Å². The van der Waals surface area contributed by atoms with Crippen LogP contribution in [-0.4, -0.2) is 9.52 Å². The molecule has 1 aliphatic heterocycles. The molecule has 0 amide bonds. The van der Waals surface area contributed by atoms with E-state index in [2.05, 4.69) is 181 Å². The van der Waals surface area contributed by atoms with Crippen molar-refractivity contribution in [3.63, 3.8) is 0 Å². The van der Waals surface area contributed by atoms with Gasteiger partial charge in [0.05, 0.1) is 9.52 Å². The Morgan fingerprint density at radius 2 is 1.00 bits per heavy atom. The van der Waals surface area contributed by atoms with Crippen LogP contribution in [0.15, 0.2) is 140 Å². The molecule has 8 aromatic carbocycles. The minimum atomic E-state index is -0.826. The van der Waals surface area contributed by atoms with Gasteiger partial charge in [-0.1, -0.05) is 133 Å². The van der Waals surface area contributed by atoms with Crippen LogP contribution in [0.1, 0.15) is 47.2 Å². The van der Waals surface area contributed by atoms with Gasteiger partial charge in [-0.15, -0.1) is 74.6 Å². The molecule has 0 saturated heterocycles. The molecule has 0 saturated carbocycles. The van der Waals surface area contributed by atoms with Gasteiger partial charge in [0.25, 0.3) is 0 Å². The van der Waals surface area contributed by atoms with E-state index in [1.807, 2.05) is 6.07 Å². The van der Waals surface area contributed by atoms with Gasteiger partial charge in [0, 0.05) is 0 Å². The number of halogens is 2. The molecule has 0 N–H and O–H groups in total. The van der Waals surface area contributed by atoms with Gasteiger partial charge >= 0.3 is 37.9 Å². The Morgan fingerprint density at radius 1 is 0.556 bits per heavy atom. The smallest absolute Gasteiger partial charge is 0.0920 e. The van der Waals surface area contributed by atoms with Crippen molar-refractivity contribution in [1.29, 1.82) is 0 Å². The summed E-state index contributed by atoms with van der Waals surface area (Å²) in [6.07, 6.45) is 2.15. The maximum absolute atomic E-state index is 4.93. The molecule has 1 aliphatic rings. The molecule has 0 fully saturated rings. The third kappa shape index (κ3) is 8.85. The van der Waals surface area contributed by atoms with Gasteiger partial charge < -0.3 is 0 Å². The number of hydrogen-bond donors (Lipinski definition) is 0. The average Bonchev–Trinajstić information content (AvgIpc) is 3.88. The van der Waals surface area contributed by atoms with Crippen molar-refractivity contribution in [2.24, 2.45) is 0 Å². The molecular weight excluding hydrogens is 791 g/mol. The molecule has 0 unspecified atom stereocenters. The summed E-state index contributed by atoms with van der Waals surface area (Å²) in [4.78, 5) is 0. The Kier molecular flexibility index (Phi) is 13.8. The molecule has 0 aliphatic carbocycles. The Bertz CT molecular complexity index is 2330. The van der Waals surface area contributed by atoms with Crippen LogP contribution < -0.4 is 10.4 Å². The zero-order chi connectivity index (χ0) is 38.2. The number of aryl methyl sites for hydroxylation is 6. The van der Waals surface area contributed by atoms with Crippen molar-refractivity contribution in [3.8, 4) is 33.4 Å². The molecule has 0 bridgehead atoms. The van der Waals surface area contributed by atoms with Gasteiger partial charge in [0.1, 0.15) is 0 Å². The Labute approximate surface area is 343 Å². The number of hydrogen-bond acceptors (Lipinski definition) is 0. The second kappa shape index (κ2) is 18.7. The Balaban J connectivity index is 0.000000135. The van der Waals surface area contributed by atoms with Gasteiger partial charge in [0.2, 0.25) is 0 Å². The van der Waals surface area contributed by atoms with E-state index in [1.54, 1.807) is 0 Å². The van der Waals surface area contributed by atoms with E-state index in [4.69, 9.17) is 17.0 Å². The standard InChI is InChI=1S/2C19H19.C12H7Si.2ClH.Zr/c2*1-4-15-9-10-16-11-13(2)12-18(16)19(15)17-8-6-5-7-14(17)3;1-3-7-11-9(5-1)10-6-2-4-8-12(10)13-11;;;/h2*5-12H,4H2,1-3H3;1-7H;2*1H;/q3*-1;;;+2/p-2. The summed E-state index contributed by atoms with van der Waals surface area (Å²) in [5.41, 5.74) is 16.6. The third-order valence-electron chi connectivity index (χ3n) is 10.2. The number of rotatable bonds is 4. The molecule has 4 heteroatoms. The molecular formula is C50H45Cl2SiZr-3. The molecule has 0 nitrogen and oxygen atoms in total. The first-order valence-electron chi connectivity index (χ1n) is 18.6. The maximum atomic E-state index is 4.93. The first-order chi connectivity index (χ1) is 26.3. The summed E-state index contributed by atoms with van der Waals surface area (Å²) in [6, 6.07) is 53.8. The fourth-order valence-corrected chi connectivity index (χ4v) is 8.92. The van der Waals surface area contributed by atoms with Gasteiger partial charge in [-0.25, -0.2) is 0 Å². The van der Waals surface area contributed by atoms with Gasteiger partial charge in [-0.05, 0) is 48.9 Å². The third-order valence-corrected chi connectivity index (χ3v) is 11.5. The second-order valence-electron chi connectivity index (χ2n) is 13.8. The van der Waals surface area contributed by atoms with Crippen molar-refractivity contribution in [3.05, 3.63) is 179 Å². The fourth-order valence-electron chi connectivity index (χ4n) is 7.61. The monoisotopic (exact) mass is 833 g/mol. The summed E-state index contributed by atoms with van der Waals surface area (Å²) in [5, 5.41) is 8.32. The quantitative estimate of drug-likeness (QED) is 0.122. The van der Waals surface area contributed by atoms with E-state index in [0.29, 0.717) is 0 Å². The zero-order valence-electron chi connectivity index (χ0n) is 31.9. The van der Waals surface area contributed by atoms with Crippen LogP contribution in [0.5, 0.6) is 0 Å². The molecule has 9 rings (SSSR count). The molecule has 0 aromatic heterocycles. The SMILES string of the molecule is CCc1ccc2[cH-]c(C)cc2c1-c1ccccc1C.CCc1ccc2[cH-]c(C)cc2c1-c1ccccc1C.[Cl][Zr][Cl].[c-]1cccc2c1[Si]c1ccccc1-2. The molecule has 54 heavy (non-hydrogen) atoms. The van der Waals surface area contributed by atoms with Crippen molar-refractivity contribution in [2.75, 3.05) is 0 Å². The summed E-state index contributed by atoms with van der Waals surface area (Å²) < 4.78 is 0.